The molecule has 20 heavy (non-hydrogen) atoms. The normalized spacial score (nSPS) is 20.4. The molecule has 0 unspecified atom stereocenters. The number of halogens is 1. The van der Waals surface area contributed by atoms with Crippen LogP contribution in [0.15, 0.2) is 4.99 Å². The zero-order chi connectivity index (χ0) is 14.3. The van der Waals surface area contributed by atoms with Gasteiger partial charge >= 0.3 is 0 Å². The molecule has 0 aromatic heterocycles. The van der Waals surface area contributed by atoms with Crippen molar-refractivity contribution in [2.75, 3.05) is 26.2 Å². The minimum atomic E-state index is 0. The summed E-state index contributed by atoms with van der Waals surface area (Å²) in [4.78, 5) is 7.35. The monoisotopic (exact) mass is 396 g/mol. The Labute approximate surface area is 142 Å². The van der Waals surface area contributed by atoms with Crippen LogP contribution in [0.5, 0.6) is 0 Å². The van der Waals surface area contributed by atoms with Crippen molar-refractivity contribution < 1.29 is 0 Å². The van der Waals surface area contributed by atoms with E-state index in [2.05, 4.69) is 50.2 Å². The van der Waals surface area contributed by atoms with Gasteiger partial charge in [-0.3, -0.25) is 9.89 Å². The van der Waals surface area contributed by atoms with Gasteiger partial charge in [0, 0.05) is 25.2 Å². The molecule has 0 saturated carbocycles. The van der Waals surface area contributed by atoms with Gasteiger partial charge in [-0.15, -0.1) is 24.0 Å². The summed E-state index contributed by atoms with van der Waals surface area (Å²) in [6, 6.07) is 1.05. The fourth-order valence-corrected chi connectivity index (χ4v) is 2.60. The van der Waals surface area contributed by atoms with E-state index in [-0.39, 0.29) is 24.0 Å². The molecular weight excluding hydrogens is 363 g/mol. The van der Waals surface area contributed by atoms with Crippen LogP contribution in [0.1, 0.15) is 47.5 Å². The second-order valence-electron chi connectivity index (χ2n) is 6.20. The van der Waals surface area contributed by atoms with E-state index < -0.39 is 0 Å². The predicted octanol–water partition coefficient (Wildman–Crippen LogP) is 2.69. The second-order valence-corrected chi connectivity index (χ2v) is 6.20. The van der Waals surface area contributed by atoms with E-state index in [1.54, 1.807) is 0 Å². The Morgan fingerprint density at radius 3 is 2.55 bits per heavy atom. The number of rotatable bonds is 6. The van der Waals surface area contributed by atoms with E-state index in [0.29, 0.717) is 12.1 Å². The summed E-state index contributed by atoms with van der Waals surface area (Å²) in [7, 11) is 0. The number of hydrogen-bond donors (Lipinski definition) is 2. The molecule has 1 rings (SSSR count). The van der Waals surface area contributed by atoms with E-state index in [1.807, 2.05) is 0 Å². The van der Waals surface area contributed by atoms with Crippen molar-refractivity contribution in [1.29, 1.82) is 0 Å². The van der Waals surface area contributed by atoms with Crippen LogP contribution < -0.4 is 10.6 Å². The van der Waals surface area contributed by atoms with Gasteiger partial charge in [-0.1, -0.05) is 13.8 Å². The highest BCUT2D eigenvalue weighted by Gasteiger charge is 2.24. The quantitative estimate of drug-likeness (QED) is 0.412. The average Bonchev–Trinajstić information content (AvgIpc) is 2.72. The number of aliphatic imine (C=N–C) groups is 1. The highest BCUT2D eigenvalue weighted by Crippen LogP contribution is 2.18. The maximum absolute atomic E-state index is 4.75. The van der Waals surface area contributed by atoms with Crippen molar-refractivity contribution in [2.45, 2.75) is 59.5 Å². The Hall–Kier alpha value is -0.0400. The molecule has 0 aromatic rings. The SMILES string of the molecule is CCNC(=NC[C@H]1CCCN1CC(C)C)NC(C)C.I. The van der Waals surface area contributed by atoms with E-state index in [4.69, 9.17) is 4.99 Å². The van der Waals surface area contributed by atoms with Crippen LogP contribution >= 0.6 is 24.0 Å². The third-order valence-corrected chi connectivity index (χ3v) is 3.33. The summed E-state index contributed by atoms with van der Waals surface area (Å²) >= 11 is 0. The number of guanidine groups is 1. The zero-order valence-corrected chi connectivity index (χ0v) is 16.1. The molecule has 1 saturated heterocycles. The molecule has 5 heteroatoms. The second kappa shape index (κ2) is 10.7. The Morgan fingerprint density at radius 1 is 1.30 bits per heavy atom. The summed E-state index contributed by atoms with van der Waals surface area (Å²) in [6.07, 6.45) is 2.61. The minimum Gasteiger partial charge on any atom is -0.357 e. The van der Waals surface area contributed by atoms with Crippen LogP contribution in [0, 0.1) is 5.92 Å². The summed E-state index contributed by atoms with van der Waals surface area (Å²) in [5.74, 6) is 1.69. The van der Waals surface area contributed by atoms with E-state index >= 15 is 0 Å². The fraction of sp³-hybridized carbons (Fsp3) is 0.933. The van der Waals surface area contributed by atoms with Gasteiger partial charge in [0.25, 0.3) is 0 Å². The average molecular weight is 396 g/mol. The first kappa shape index (κ1) is 20.0. The Bertz CT molecular complexity index is 279. The van der Waals surface area contributed by atoms with Crippen LogP contribution in [0.25, 0.3) is 0 Å². The number of nitrogens with zero attached hydrogens (tertiary/aromatic N) is 2. The smallest absolute Gasteiger partial charge is 0.191 e. The van der Waals surface area contributed by atoms with Gasteiger partial charge in [0.15, 0.2) is 5.96 Å². The molecule has 0 amide bonds. The Kier molecular flexibility index (Phi) is 10.6. The summed E-state index contributed by atoms with van der Waals surface area (Å²) in [5, 5.41) is 6.69. The molecule has 0 aliphatic carbocycles. The summed E-state index contributed by atoms with van der Waals surface area (Å²) < 4.78 is 0. The maximum Gasteiger partial charge on any atom is 0.191 e. The Morgan fingerprint density at radius 2 is 2.00 bits per heavy atom. The van der Waals surface area contributed by atoms with Gasteiger partial charge in [-0.25, -0.2) is 0 Å². The van der Waals surface area contributed by atoms with Gasteiger partial charge in [-0.05, 0) is 46.1 Å². The van der Waals surface area contributed by atoms with Crippen molar-refractivity contribution in [1.82, 2.24) is 15.5 Å². The van der Waals surface area contributed by atoms with Gasteiger partial charge in [0.2, 0.25) is 0 Å². The molecule has 1 heterocycles. The van der Waals surface area contributed by atoms with Gasteiger partial charge in [0.1, 0.15) is 0 Å². The molecule has 1 fully saturated rings. The van der Waals surface area contributed by atoms with Crippen LogP contribution in [0.3, 0.4) is 0 Å². The van der Waals surface area contributed by atoms with Crippen molar-refractivity contribution in [2.24, 2.45) is 10.9 Å². The van der Waals surface area contributed by atoms with E-state index in [1.165, 1.54) is 25.9 Å². The lowest BCUT2D eigenvalue weighted by molar-refractivity contribution is 0.231. The third-order valence-electron chi connectivity index (χ3n) is 3.33. The molecule has 1 aliphatic heterocycles. The predicted molar refractivity (Wildman–Crippen MR) is 99.1 cm³/mol. The fourth-order valence-electron chi connectivity index (χ4n) is 2.60. The van der Waals surface area contributed by atoms with Gasteiger partial charge in [-0.2, -0.15) is 0 Å². The molecule has 0 spiro atoms. The standard InChI is InChI=1S/C15H32N4.HI/c1-6-16-15(18-13(4)5)17-10-14-8-7-9-19(14)11-12(2)3;/h12-14H,6-11H2,1-5H3,(H2,16,17,18);1H/t14-;/m1./s1. The lowest BCUT2D eigenvalue weighted by Crippen LogP contribution is -2.42. The molecule has 120 valence electrons. The highest BCUT2D eigenvalue weighted by molar-refractivity contribution is 14.0. The zero-order valence-electron chi connectivity index (χ0n) is 13.8. The largest absolute Gasteiger partial charge is 0.357 e. The topological polar surface area (TPSA) is 39.7 Å². The molecule has 2 N–H and O–H groups in total. The lowest BCUT2D eigenvalue weighted by atomic mass is 10.2. The van der Waals surface area contributed by atoms with Gasteiger partial charge in [0.05, 0.1) is 6.54 Å². The van der Waals surface area contributed by atoms with Crippen molar-refractivity contribution in [3.63, 3.8) is 0 Å². The maximum atomic E-state index is 4.75. The first-order chi connectivity index (χ1) is 9.02. The molecule has 1 aliphatic rings. The molecule has 0 aromatic carbocycles. The number of hydrogen-bond acceptors (Lipinski definition) is 2. The van der Waals surface area contributed by atoms with Crippen LogP contribution in [-0.2, 0) is 0 Å². The third kappa shape index (κ3) is 7.67. The van der Waals surface area contributed by atoms with E-state index in [0.717, 1.165) is 25.0 Å². The van der Waals surface area contributed by atoms with Crippen LogP contribution in [-0.4, -0.2) is 49.1 Å². The number of nitrogens with one attached hydrogen (secondary N) is 2. The minimum absolute atomic E-state index is 0. The molecule has 0 bridgehead atoms. The summed E-state index contributed by atoms with van der Waals surface area (Å²) in [6.45, 7) is 15.3. The van der Waals surface area contributed by atoms with E-state index in [9.17, 15) is 0 Å². The van der Waals surface area contributed by atoms with Crippen LogP contribution in [0.4, 0.5) is 0 Å². The molecule has 4 nitrogen and oxygen atoms in total. The number of likely N-dealkylation sites (tertiary alicyclic amines) is 1. The lowest BCUT2D eigenvalue weighted by Gasteiger charge is -2.25. The molecule has 1 atom stereocenters. The first-order valence-corrected chi connectivity index (χ1v) is 7.81. The van der Waals surface area contributed by atoms with Gasteiger partial charge < -0.3 is 10.6 Å². The molecular formula is C15H33IN4. The van der Waals surface area contributed by atoms with Crippen molar-refractivity contribution >= 4 is 29.9 Å². The van der Waals surface area contributed by atoms with Crippen molar-refractivity contribution in [3.05, 3.63) is 0 Å². The first-order valence-electron chi connectivity index (χ1n) is 7.81. The van der Waals surface area contributed by atoms with Crippen LogP contribution in [0.2, 0.25) is 0 Å². The Balaban J connectivity index is 0.00000361. The van der Waals surface area contributed by atoms with Crippen molar-refractivity contribution in [3.8, 4) is 0 Å². The molecule has 0 radical (unpaired) electrons. The summed E-state index contributed by atoms with van der Waals surface area (Å²) in [5.41, 5.74) is 0. The highest BCUT2D eigenvalue weighted by atomic mass is 127.